The van der Waals surface area contributed by atoms with E-state index in [0.29, 0.717) is 10.2 Å². The molecule has 38 heavy (non-hydrogen) atoms. The molecule has 0 radical (unpaired) electrons. The van der Waals surface area contributed by atoms with Gasteiger partial charge in [0.15, 0.2) is 17.3 Å². The van der Waals surface area contributed by atoms with Crippen LogP contribution in [0.15, 0.2) is 67.1 Å². The Kier molecular flexibility index (Phi) is 7.74. The molecular weight excluding hydrogens is 584 g/mol. The number of benzene rings is 3. The van der Waals surface area contributed by atoms with Crippen molar-refractivity contribution in [2.24, 2.45) is 0 Å². The van der Waals surface area contributed by atoms with Crippen molar-refractivity contribution in [2.45, 2.75) is 4.90 Å². The summed E-state index contributed by atoms with van der Waals surface area (Å²) in [6, 6.07) is 11.7. The van der Waals surface area contributed by atoms with Gasteiger partial charge in [0.05, 0.1) is 35.5 Å². The first-order valence-electron chi connectivity index (χ1n) is 10.9. The van der Waals surface area contributed by atoms with Gasteiger partial charge in [-0.2, -0.15) is 8.42 Å². The SMILES string of the molecule is COc1cc(OC)c2c(=O)c(OS(=O)(=O)c3ccc(Br)cc3)c(-c3cc(OC)c(OC)c(OC)c3)oc2c1. The molecule has 4 rings (SSSR count). The lowest BCUT2D eigenvalue weighted by atomic mass is 10.1. The number of ether oxygens (including phenoxy) is 5. The first kappa shape index (κ1) is 27.1. The van der Waals surface area contributed by atoms with Gasteiger partial charge in [0, 0.05) is 22.2 Å². The van der Waals surface area contributed by atoms with Gasteiger partial charge in [0.2, 0.25) is 16.9 Å². The van der Waals surface area contributed by atoms with E-state index in [1.54, 1.807) is 0 Å². The summed E-state index contributed by atoms with van der Waals surface area (Å²) in [6.07, 6.45) is 0. The quantitative estimate of drug-likeness (QED) is 0.240. The second-order valence-electron chi connectivity index (χ2n) is 7.70. The molecule has 0 N–H and O–H groups in total. The molecule has 200 valence electrons. The van der Waals surface area contributed by atoms with E-state index in [0.717, 1.165) is 0 Å². The summed E-state index contributed by atoms with van der Waals surface area (Å²) in [5, 5.41) is -0.0366. The maximum absolute atomic E-state index is 13.8. The van der Waals surface area contributed by atoms with Crippen LogP contribution >= 0.6 is 15.9 Å². The molecule has 1 aromatic heterocycles. The topological polar surface area (TPSA) is 120 Å². The zero-order chi connectivity index (χ0) is 27.6. The monoisotopic (exact) mass is 606 g/mol. The van der Waals surface area contributed by atoms with E-state index in [4.69, 9.17) is 32.3 Å². The Morgan fingerprint density at radius 1 is 0.737 bits per heavy atom. The molecule has 0 amide bonds. The molecule has 0 aliphatic carbocycles. The van der Waals surface area contributed by atoms with Crippen LogP contribution in [0.1, 0.15) is 0 Å². The predicted molar refractivity (Wildman–Crippen MR) is 143 cm³/mol. The zero-order valence-corrected chi connectivity index (χ0v) is 23.4. The second-order valence-corrected chi connectivity index (χ2v) is 10.2. The molecule has 10 nitrogen and oxygen atoms in total. The van der Waals surface area contributed by atoms with Gasteiger partial charge in [0.25, 0.3) is 0 Å². The molecule has 4 aromatic rings. The van der Waals surface area contributed by atoms with Crippen LogP contribution in [0.4, 0.5) is 0 Å². The summed E-state index contributed by atoms with van der Waals surface area (Å²) in [6.45, 7) is 0. The molecule has 0 saturated heterocycles. The summed E-state index contributed by atoms with van der Waals surface area (Å²) in [7, 11) is 2.62. The average molecular weight is 607 g/mol. The largest absolute Gasteiger partial charge is 0.496 e. The number of fused-ring (bicyclic) bond motifs is 1. The molecule has 0 bridgehead atoms. The van der Waals surface area contributed by atoms with Crippen LogP contribution in [0.3, 0.4) is 0 Å². The third-order valence-electron chi connectivity index (χ3n) is 5.57. The average Bonchev–Trinajstić information content (AvgIpc) is 2.92. The Balaban J connectivity index is 2.07. The molecule has 12 heteroatoms. The van der Waals surface area contributed by atoms with Gasteiger partial charge in [-0.3, -0.25) is 4.79 Å². The van der Waals surface area contributed by atoms with E-state index in [-0.39, 0.29) is 50.2 Å². The van der Waals surface area contributed by atoms with Crippen LogP contribution in [-0.2, 0) is 10.1 Å². The lowest BCUT2D eigenvalue weighted by molar-refractivity contribution is 0.324. The molecule has 0 atom stereocenters. The minimum absolute atomic E-state index is 0.0366. The van der Waals surface area contributed by atoms with Crippen molar-refractivity contribution in [2.75, 3.05) is 35.5 Å². The highest BCUT2D eigenvalue weighted by Crippen LogP contribution is 2.44. The van der Waals surface area contributed by atoms with Crippen molar-refractivity contribution in [3.8, 4) is 45.8 Å². The van der Waals surface area contributed by atoms with Crippen molar-refractivity contribution >= 4 is 37.0 Å². The summed E-state index contributed by atoms with van der Waals surface area (Å²) in [5.74, 6) is 0.454. The fourth-order valence-electron chi connectivity index (χ4n) is 3.76. The smallest absolute Gasteiger partial charge is 0.339 e. The minimum Gasteiger partial charge on any atom is -0.496 e. The van der Waals surface area contributed by atoms with Crippen molar-refractivity contribution in [1.29, 1.82) is 0 Å². The van der Waals surface area contributed by atoms with E-state index >= 15 is 0 Å². The van der Waals surface area contributed by atoms with Crippen LogP contribution in [0.2, 0.25) is 0 Å². The Labute approximate surface area is 226 Å². The Bertz CT molecular complexity index is 1640. The van der Waals surface area contributed by atoms with Crippen molar-refractivity contribution in [3.63, 3.8) is 0 Å². The second kappa shape index (κ2) is 10.8. The minimum atomic E-state index is -4.46. The molecule has 0 fully saturated rings. The molecule has 0 spiro atoms. The number of halogens is 1. The zero-order valence-electron chi connectivity index (χ0n) is 21.0. The van der Waals surface area contributed by atoms with Crippen molar-refractivity contribution < 1.29 is 40.7 Å². The third kappa shape index (κ3) is 4.96. The fourth-order valence-corrected chi connectivity index (χ4v) is 4.96. The molecular formula is C26H23BrO10S. The first-order chi connectivity index (χ1) is 18.2. The van der Waals surface area contributed by atoms with Gasteiger partial charge in [-0.1, -0.05) is 15.9 Å². The lowest BCUT2D eigenvalue weighted by Crippen LogP contribution is -2.17. The molecule has 0 unspecified atom stereocenters. The molecule has 3 aromatic carbocycles. The third-order valence-corrected chi connectivity index (χ3v) is 7.33. The van der Waals surface area contributed by atoms with Crippen molar-refractivity contribution in [1.82, 2.24) is 0 Å². The van der Waals surface area contributed by atoms with Gasteiger partial charge < -0.3 is 32.3 Å². The van der Waals surface area contributed by atoms with Crippen molar-refractivity contribution in [3.05, 3.63) is 63.2 Å². The standard InChI is InChI=1S/C26H23BrO10S/c1-31-16-12-18(32-2)22-19(13-16)36-24(14-10-20(33-3)25(35-5)21(11-14)34-4)26(23(22)28)37-38(29,30)17-8-6-15(27)7-9-17/h6-13H,1-5H3. The number of methoxy groups -OCH3 is 5. The lowest BCUT2D eigenvalue weighted by Gasteiger charge is -2.16. The summed E-state index contributed by atoms with van der Waals surface area (Å²) < 4.78 is 65.6. The summed E-state index contributed by atoms with van der Waals surface area (Å²) in [4.78, 5) is 13.7. The van der Waals surface area contributed by atoms with E-state index in [1.807, 2.05) is 0 Å². The number of hydrogen-bond acceptors (Lipinski definition) is 10. The maximum Gasteiger partial charge on any atom is 0.339 e. The van der Waals surface area contributed by atoms with Crippen LogP contribution in [0.25, 0.3) is 22.3 Å². The van der Waals surface area contributed by atoms with Gasteiger partial charge in [-0.25, -0.2) is 0 Å². The highest BCUT2D eigenvalue weighted by atomic mass is 79.9. The van der Waals surface area contributed by atoms with Gasteiger partial charge in [0.1, 0.15) is 27.4 Å². The van der Waals surface area contributed by atoms with Gasteiger partial charge in [-0.15, -0.1) is 0 Å². The van der Waals surface area contributed by atoms with E-state index in [9.17, 15) is 13.2 Å². The highest BCUT2D eigenvalue weighted by Gasteiger charge is 2.28. The van der Waals surface area contributed by atoms with Crippen LogP contribution in [0.5, 0.6) is 34.5 Å². The van der Waals surface area contributed by atoms with Crippen LogP contribution < -0.4 is 33.3 Å². The fraction of sp³-hybridized carbons (Fsp3) is 0.192. The molecule has 0 saturated carbocycles. The predicted octanol–water partition coefficient (Wildman–Crippen LogP) is 5.03. The van der Waals surface area contributed by atoms with Crippen LogP contribution in [0, 0.1) is 0 Å². The van der Waals surface area contributed by atoms with Gasteiger partial charge in [-0.05, 0) is 36.4 Å². The Morgan fingerprint density at radius 3 is 1.87 bits per heavy atom. The Hall–Kier alpha value is -3.90. The van der Waals surface area contributed by atoms with E-state index in [2.05, 4.69) is 15.9 Å². The van der Waals surface area contributed by atoms with Gasteiger partial charge >= 0.3 is 10.1 Å². The molecule has 1 heterocycles. The molecule has 0 aliphatic heterocycles. The number of rotatable bonds is 9. The van der Waals surface area contributed by atoms with Crippen LogP contribution in [-0.4, -0.2) is 44.0 Å². The number of hydrogen-bond donors (Lipinski definition) is 0. The maximum atomic E-state index is 13.8. The normalized spacial score (nSPS) is 11.2. The van der Waals surface area contributed by atoms with E-state index in [1.165, 1.54) is 84.1 Å². The first-order valence-corrected chi connectivity index (χ1v) is 13.1. The van der Waals surface area contributed by atoms with E-state index < -0.39 is 21.3 Å². The Morgan fingerprint density at radius 2 is 1.34 bits per heavy atom. The summed E-state index contributed by atoms with van der Waals surface area (Å²) in [5.41, 5.74) is -0.486. The molecule has 0 aliphatic rings. The summed E-state index contributed by atoms with van der Waals surface area (Å²) >= 11 is 3.27. The highest BCUT2D eigenvalue weighted by molar-refractivity contribution is 9.10.